The number of hydrogen-bond acceptors (Lipinski definition) is 3. The fourth-order valence-corrected chi connectivity index (χ4v) is 0.361. The van der Waals surface area contributed by atoms with Crippen LogP contribution in [0.1, 0.15) is 5.69 Å². The van der Waals surface area contributed by atoms with Gasteiger partial charge in [-0.05, 0) is 0 Å². The summed E-state index contributed by atoms with van der Waals surface area (Å²) in [5, 5.41) is 6.74. The SMILES string of the molecule is ClCc1cnon1. The van der Waals surface area contributed by atoms with Crippen LogP contribution in [0, 0.1) is 0 Å². The summed E-state index contributed by atoms with van der Waals surface area (Å²) < 4.78 is 4.22. The van der Waals surface area contributed by atoms with Crippen LogP contribution in [0.15, 0.2) is 10.8 Å². The molecule has 0 unspecified atom stereocenters. The van der Waals surface area contributed by atoms with Crippen LogP contribution in [-0.2, 0) is 5.88 Å². The molecule has 7 heavy (non-hydrogen) atoms. The summed E-state index contributed by atoms with van der Waals surface area (Å²) >= 11 is 5.31. The Hall–Kier alpha value is -0.570. The molecule has 0 aliphatic heterocycles. The van der Waals surface area contributed by atoms with Crippen molar-refractivity contribution in [2.24, 2.45) is 0 Å². The van der Waals surface area contributed by atoms with E-state index in [2.05, 4.69) is 14.9 Å². The van der Waals surface area contributed by atoms with E-state index < -0.39 is 0 Å². The molecule has 1 rings (SSSR count). The Labute approximate surface area is 45.2 Å². The van der Waals surface area contributed by atoms with E-state index in [9.17, 15) is 0 Å². The molecule has 1 heterocycles. The summed E-state index contributed by atoms with van der Waals surface area (Å²) in [6, 6.07) is 0. The molecule has 0 spiro atoms. The maximum Gasteiger partial charge on any atom is 0.119 e. The Balaban J connectivity index is 2.76. The van der Waals surface area contributed by atoms with Crippen LogP contribution >= 0.6 is 11.6 Å². The van der Waals surface area contributed by atoms with E-state index >= 15 is 0 Å². The second kappa shape index (κ2) is 1.93. The molecule has 0 aliphatic carbocycles. The molecule has 38 valence electrons. The lowest BCUT2D eigenvalue weighted by Crippen LogP contribution is -1.70. The molecule has 0 atom stereocenters. The van der Waals surface area contributed by atoms with E-state index in [-0.39, 0.29) is 0 Å². The van der Waals surface area contributed by atoms with Crippen molar-refractivity contribution in [2.45, 2.75) is 5.88 Å². The van der Waals surface area contributed by atoms with Crippen LogP contribution in [0.4, 0.5) is 0 Å². The minimum atomic E-state index is 0.365. The summed E-state index contributed by atoms with van der Waals surface area (Å²) in [6.45, 7) is 0. The molecule has 0 N–H and O–H groups in total. The zero-order chi connectivity index (χ0) is 5.11. The Bertz CT molecular complexity index is 127. The van der Waals surface area contributed by atoms with E-state index in [1.54, 1.807) is 0 Å². The average molecular weight is 119 g/mol. The third-order valence-corrected chi connectivity index (χ3v) is 0.818. The second-order valence-corrected chi connectivity index (χ2v) is 1.30. The van der Waals surface area contributed by atoms with E-state index in [0.717, 1.165) is 0 Å². The van der Waals surface area contributed by atoms with Gasteiger partial charge in [-0.1, -0.05) is 10.3 Å². The zero-order valence-electron chi connectivity index (χ0n) is 3.47. The molecule has 0 fully saturated rings. The van der Waals surface area contributed by atoms with Crippen LogP contribution in [0.3, 0.4) is 0 Å². The normalized spacial score (nSPS) is 9.29. The number of alkyl halides is 1. The molecule has 1 aromatic heterocycles. The van der Waals surface area contributed by atoms with Gasteiger partial charge in [0, 0.05) is 0 Å². The maximum atomic E-state index is 5.31. The molecule has 1 aromatic rings. The van der Waals surface area contributed by atoms with Crippen molar-refractivity contribution in [1.29, 1.82) is 0 Å². The Kier molecular flexibility index (Phi) is 1.26. The molecule has 0 aliphatic rings. The molecule has 0 saturated carbocycles. The predicted molar refractivity (Wildman–Crippen MR) is 23.9 cm³/mol. The van der Waals surface area contributed by atoms with Gasteiger partial charge in [0.15, 0.2) is 0 Å². The van der Waals surface area contributed by atoms with Crippen molar-refractivity contribution in [2.75, 3.05) is 0 Å². The van der Waals surface area contributed by atoms with Gasteiger partial charge in [-0.25, -0.2) is 4.63 Å². The Morgan fingerprint density at radius 2 is 2.71 bits per heavy atom. The largest absolute Gasteiger partial charge is 0.244 e. The molecular weight excluding hydrogens is 115 g/mol. The standard InChI is InChI=1S/C3H3ClN2O/c4-1-3-2-5-7-6-3/h2H,1H2. The van der Waals surface area contributed by atoms with Gasteiger partial charge in [-0.3, -0.25) is 0 Å². The molecular formula is C3H3ClN2O. The highest BCUT2D eigenvalue weighted by atomic mass is 35.5. The van der Waals surface area contributed by atoms with Crippen molar-refractivity contribution in [1.82, 2.24) is 10.3 Å². The fourth-order valence-electron chi connectivity index (χ4n) is 0.243. The van der Waals surface area contributed by atoms with Crippen LogP contribution in [0.25, 0.3) is 0 Å². The molecule has 4 heteroatoms. The minimum absolute atomic E-state index is 0.365. The molecule has 0 aromatic carbocycles. The lowest BCUT2D eigenvalue weighted by molar-refractivity contribution is 0.304. The van der Waals surface area contributed by atoms with E-state index in [0.29, 0.717) is 11.6 Å². The molecule has 0 bridgehead atoms. The number of halogens is 1. The third-order valence-electron chi connectivity index (χ3n) is 0.544. The van der Waals surface area contributed by atoms with Gasteiger partial charge >= 0.3 is 0 Å². The summed E-state index contributed by atoms with van der Waals surface area (Å²) in [4.78, 5) is 0. The Morgan fingerprint density at radius 1 is 1.86 bits per heavy atom. The number of hydrogen-bond donors (Lipinski definition) is 0. The number of nitrogens with zero attached hydrogens (tertiary/aromatic N) is 2. The first-order chi connectivity index (χ1) is 3.43. The minimum Gasteiger partial charge on any atom is -0.244 e. The fraction of sp³-hybridized carbons (Fsp3) is 0.333. The van der Waals surface area contributed by atoms with Crippen molar-refractivity contribution < 1.29 is 4.63 Å². The van der Waals surface area contributed by atoms with Crippen LogP contribution in [0.2, 0.25) is 0 Å². The topological polar surface area (TPSA) is 38.9 Å². The van der Waals surface area contributed by atoms with Gasteiger partial charge in [0.2, 0.25) is 0 Å². The average Bonchev–Trinajstić information content (AvgIpc) is 2.14. The first kappa shape index (κ1) is 4.59. The highest BCUT2D eigenvalue weighted by Gasteiger charge is 1.89. The Morgan fingerprint density at radius 3 is 3.00 bits per heavy atom. The van der Waals surface area contributed by atoms with E-state index in [1.807, 2.05) is 0 Å². The first-order valence-electron chi connectivity index (χ1n) is 1.76. The van der Waals surface area contributed by atoms with Crippen molar-refractivity contribution in [3.8, 4) is 0 Å². The second-order valence-electron chi connectivity index (χ2n) is 1.03. The smallest absolute Gasteiger partial charge is 0.119 e. The van der Waals surface area contributed by atoms with Crippen molar-refractivity contribution in [3.63, 3.8) is 0 Å². The molecule has 3 nitrogen and oxygen atoms in total. The van der Waals surface area contributed by atoms with Crippen LogP contribution < -0.4 is 0 Å². The lowest BCUT2D eigenvalue weighted by Gasteiger charge is -1.70. The molecule has 0 radical (unpaired) electrons. The zero-order valence-corrected chi connectivity index (χ0v) is 4.22. The maximum absolute atomic E-state index is 5.31. The van der Waals surface area contributed by atoms with Gasteiger partial charge in [0.1, 0.15) is 5.69 Å². The quantitative estimate of drug-likeness (QED) is 0.512. The first-order valence-corrected chi connectivity index (χ1v) is 2.29. The van der Waals surface area contributed by atoms with Crippen molar-refractivity contribution in [3.05, 3.63) is 11.9 Å². The van der Waals surface area contributed by atoms with Gasteiger partial charge in [-0.2, -0.15) is 0 Å². The highest BCUT2D eigenvalue weighted by Crippen LogP contribution is 1.93. The van der Waals surface area contributed by atoms with E-state index in [4.69, 9.17) is 11.6 Å². The summed E-state index contributed by atoms with van der Waals surface area (Å²) in [5.74, 6) is 0.365. The predicted octanol–water partition coefficient (Wildman–Crippen LogP) is 0.808. The number of rotatable bonds is 1. The third kappa shape index (κ3) is 0.899. The molecule has 0 saturated heterocycles. The number of aromatic nitrogens is 2. The summed E-state index contributed by atoms with van der Waals surface area (Å²) in [7, 11) is 0. The van der Waals surface area contributed by atoms with Gasteiger partial charge in [0.05, 0.1) is 12.1 Å². The van der Waals surface area contributed by atoms with Crippen LogP contribution in [0.5, 0.6) is 0 Å². The van der Waals surface area contributed by atoms with E-state index in [1.165, 1.54) is 6.20 Å². The molecule has 0 amide bonds. The van der Waals surface area contributed by atoms with Crippen LogP contribution in [-0.4, -0.2) is 10.3 Å². The summed E-state index contributed by atoms with van der Waals surface area (Å²) in [6.07, 6.45) is 1.48. The lowest BCUT2D eigenvalue weighted by atomic mass is 10.6. The van der Waals surface area contributed by atoms with Crippen molar-refractivity contribution >= 4 is 11.6 Å². The summed E-state index contributed by atoms with van der Waals surface area (Å²) in [5.41, 5.74) is 0.668. The highest BCUT2D eigenvalue weighted by molar-refractivity contribution is 6.16. The monoisotopic (exact) mass is 118 g/mol. The van der Waals surface area contributed by atoms with Gasteiger partial charge in [-0.15, -0.1) is 11.6 Å². The van der Waals surface area contributed by atoms with Gasteiger partial charge < -0.3 is 0 Å². The van der Waals surface area contributed by atoms with Gasteiger partial charge in [0.25, 0.3) is 0 Å².